The third-order valence-electron chi connectivity index (χ3n) is 3.44. The van der Waals surface area contributed by atoms with Crippen LogP contribution in [0.5, 0.6) is 0 Å². The van der Waals surface area contributed by atoms with E-state index in [0.29, 0.717) is 12.5 Å². The van der Waals surface area contributed by atoms with Crippen molar-refractivity contribution < 1.29 is 13.2 Å². The molecule has 0 aliphatic carbocycles. The zero-order valence-corrected chi connectivity index (χ0v) is 15.7. The summed E-state index contributed by atoms with van der Waals surface area (Å²) in [5, 5.41) is 8.05. The molecule has 0 aromatic heterocycles. The number of guanidine groups is 1. The second kappa shape index (κ2) is 9.71. The highest BCUT2D eigenvalue weighted by atomic mass is 127. The number of halogens is 4. The van der Waals surface area contributed by atoms with Crippen LogP contribution in [0.25, 0.3) is 10.8 Å². The summed E-state index contributed by atoms with van der Waals surface area (Å²) in [6.45, 7) is 0.420. The Balaban J connectivity index is 0.00000288. The maximum atomic E-state index is 12.1. The van der Waals surface area contributed by atoms with Crippen LogP contribution in [-0.4, -0.2) is 32.3 Å². The Morgan fingerprint density at radius 1 is 1.00 bits per heavy atom. The topological polar surface area (TPSA) is 36.4 Å². The molecular formula is C17H21F3IN3. The van der Waals surface area contributed by atoms with Gasteiger partial charge in [0.25, 0.3) is 0 Å². The van der Waals surface area contributed by atoms with E-state index < -0.39 is 12.6 Å². The lowest BCUT2D eigenvalue weighted by Gasteiger charge is -2.13. The van der Waals surface area contributed by atoms with E-state index in [2.05, 4.69) is 46.0 Å². The Labute approximate surface area is 156 Å². The molecule has 0 aliphatic rings. The number of nitrogens with one attached hydrogen (secondary N) is 2. The molecule has 0 bridgehead atoms. The lowest BCUT2D eigenvalue weighted by molar-refractivity contribution is -0.132. The molecule has 0 fully saturated rings. The minimum Gasteiger partial charge on any atom is -0.356 e. The summed E-state index contributed by atoms with van der Waals surface area (Å²) in [4.78, 5) is 3.92. The molecule has 2 N–H and O–H groups in total. The van der Waals surface area contributed by atoms with E-state index in [0.717, 1.165) is 6.42 Å². The van der Waals surface area contributed by atoms with Crippen LogP contribution in [0.2, 0.25) is 0 Å². The zero-order chi connectivity index (χ0) is 16.7. The van der Waals surface area contributed by atoms with Crippen molar-refractivity contribution >= 4 is 40.7 Å². The first kappa shape index (κ1) is 20.5. The molecule has 0 atom stereocenters. The van der Waals surface area contributed by atoms with E-state index >= 15 is 0 Å². The van der Waals surface area contributed by atoms with Gasteiger partial charge in [-0.3, -0.25) is 4.99 Å². The van der Waals surface area contributed by atoms with Gasteiger partial charge in [0, 0.05) is 20.1 Å². The van der Waals surface area contributed by atoms with Crippen LogP contribution in [0.4, 0.5) is 13.2 Å². The van der Waals surface area contributed by atoms with Gasteiger partial charge in [-0.05, 0) is 22.8 Å². The molecule has 2 aromatic carbocycles. The molecule has 0 saturated heterocycles. The predicted octanol–water partition coefficient (Wildman–Crippen LogP) is 4.12. The largest absolute Gasteiger partial charge is 0.390 e. The maximum Gasteiger partial charge on any atom is 0.390 e. The minimum absolute atomic E-state index is 0. The van der Waals surface area contributed by atoms with Crippen molar-refractivity contribution in [2.75, 3.05) is 20.1 Å². The van der Waals surface area contributed by atoms with E-state index in [1.165, 1.54) is 16.3 Å². The van der Waals surface area contributed by atoms with Crippen molar-refractivity contribution in [2.45, 2.75) is 19.0 Å². The molecule has 2 aromatic rings. The molecular weight excluding hydrogens is 430 g/mol. The van der Waals surface area contributed by atoms with Gasteiger partial charge in [-0.2, -0.15) is 13.2 Å². The Morgan fingerprint density at radius 2 is 1.67 bits per heavy atom. The fraction of sp³-hybridized carbons (Fsp3) is 0.353. The Bertz CT molecular complexity index is 671. The fourth-order valence-electron chi connectivity index (χ4n) is 2.26. The number of hydrogen-bond acceptors (Lipinski definition) is 1. The zero-order valence-electron chi connectivity index (χ0n) is 13.4. The Hall–Kier alpha value is -1.51. The second-order valence-electron chi connectivity index (χ2n) is 5.22. The summed E-state index contributed by atoms with van der Waals surface area (Å²) in [7, 11) is 1.54. The average molecular weight is 451 g/mol. The lowest BCUT2D eigenvalue weighted by atomic mass is 10.1. The minimum atomic E-state index is -4.16. The quantitative estimate of drug-likeness (QED) is 0.408. The molecule has 0 spiro atoms. The van der Waals surface area contributed by atoms with Crippen LogP contribution in [0.15, 0.2) is 47.5 Å². The predicted molar refractivity (Wildman–Crippen MR) is 103 cm³/mol. The molecule has 3 nitrogen and oxygen atoms in total. The van der Waals surface area contributed by atoms with Crippen molar-refractivity contribution in [2.24, 2.45) is 4.99 Å². The summed E-state index contributed by atoms with van der Waals surface area (Å²) < 4.78 is 36.3. The first-order valence-electron chi connectivity index (χ1n) is 7.47. The van der Waals surface area contributed by atoms with Crippen LogP contribution >= 0.6 is 24.0 Å². The number of nitrogens with zero attached hydrogens (tertiary/aromatic N) is 1. The van der Waals surface area contributed by atoms with E-state index in [-0.39, 0.29) is 30.5 Å². The van der Waals surface area contributed by atoms with Gasteiger partial charge in [-0.15, -0.1) is 24.0 Å². The van der Waals surface area contributed by atoms with Crippen LogP contribution in [0.1, 0.15) is 12.0 Å². The highest BCUT2D eigenvalue weighted by Gasteiger charge is 2.26. The first-order valence-corrected chi connectivity index (χ1v) is 7.47. The van der Waals surface area contributed by atoms with Crippen LogP contribution in [-0.2, 0) is 6.42 Å². The van der Waals surface area contributed by atoms with Gasteiger partial charge in [0.15, 0.2) is 5.96 Å². The molecule has 0 saturated carbocycles. The fourth-order valence-corrected chi connectivity index (χ4v) is 2.26. The summed E-state index contributed by atoms with van der Waals surface area (Å²) in [5.74, 6) is 0.384. The molecule has 0 aliphatic heterocycles. The molecule has 0 unspecified atom stereocenters. The molecule has 7 heteroatoms. The molecule has 24 heavy (non-hydrogen) atoms. The summed E-state index contributed by atoms with van der Waals surface area (Å²) in [6.07, 6.45) is -4.26. The summed E-state index contributed by atoms with van der Waals surface area (Å²) in [6, 6.07) is 14.4. The molecule has 0 amide bonds. The van der Waals surface area contributed by atoms with Crippen molar-refractivity contribution in [3.05, 3.63) is 48.0 Å². The molecule has 2 rings (SSSR count). The monoisotopic (exact) mass is 451 g/mol. The number of hydrogen-bond donors (Lipinski definition) is 2. The highest BCUT2D eigenvalue weighted by Crippen LogP contribution is 2.18. The first-order chi connectivity index (χ1) is 11.0. The van der Waals surface area contributed by atoms with Gasteiger partial charge in [-0.1, -0.05) is 42.5 Å². The molecule has 0 radical (unpaired) electrons. The van der Waals surface area contributed by atoms with Crippen molar-refractivity contribution in [1.82, 2.24) is 10.6 Å². The van der Waals surface area contributed by atoms with E-state index in [1.54, 1.807) is 7.05 Å². The normalized spacial score (nSPS) is 11.9. The van der Waals surface area contributed by atoms with Crippen LogP contribution in [0.3, 0.4) is 0 Å². The maximum absolute atomic E-state index is 12.1. The van der Waals surface area contributed by atoms with Gasteiger partial charge in [-0.25, -0.2) is 0 Å². The third-order valence-corrected chi connectivity index (χ3v) is 3.44. The van der Waals surface area contributed by atoms with Crippen molar-refractivity contribution in [1.29, 1.82) is 0 Å². The van der Waals surface area contributed by atoms with Crippen molar-refractivity contribution in [3.8, 4) is 0 Å². The lowest BCUT2D eigenvalue weighted by Crippen LogP contribution is -2.39. The average Bonchev–Trinajstić information content (AvgIpc) is 2.52. The number of fused-ring (bicyclic) bond motifs is 1. The van der Waals surface area contributed by atoms with Gasteiger partial charge in [0.2, 0.25) is 0 Å². The number of benzene rings is 2. The summed E-state index contributed by atoms with van der Waals surface area (Å²) >= 11 is 0. The van der Waals surface area contributed by atoms with Crippen LogP contribution < -0.4 is 10.6 Å². The van der Waals surface area contributed by atoms with Gasteiger partial charge >= 0.3 is 6.18 Å². The van der Waals surface area contributed by atoms with Gasteiger partial charge in [0.1, 0.15) is 0 Å². The van der Waals surface area contributed by atoms with E-state index in [1.807, 2.05) is 12.1 Å². The van der Waals surface area contributed by atoms with Crippen LogP contribution in [0, 0.1) is 0 Å². The SMILES string of the molecule is CN=C(NCCc1ccc2ccccc2c1)NCCC(F)(F)F.I. The molecule has 0 heterocycles. The second-order valence-corrected chi connectivity index (χ2v) is 5.22. The highest BCUT2D eigenvalue weighted by molar-refractivity contribution is 14.0. The van der Waals surface area contributed by atoms with Gasteiger partial charge in [0.05, 0.1) is 6.42 Å². The Morgan fingerprint density at radius 3 is 2.33 bits per heavy atom. The Kier molecular flexibility index (Phi) is 8.30. The van der Waals surface area contributed by atoms with E-state index in [9.17, 15) is 13.2 Å². The molecule has 132 valence electrons. The number of aliphatic imine (C=N–C) groups is 1. The number of alkyl halides is 3. The number of rotatable bonds is 5. The van der Waals surface area contributed by atoms with Gasteiger partial charge < -0.3 is 10.6 Å². The van der Waals surface area contributed by atoms with E-state index in [4.69, 9.17) is 0 Å². The smallest absolute Gasteiger partial charge is 0.356 e. The van der Waals surface area contributed by atoms with Crippen molar-refractivity contribution in [3.63, 3.8) is 0 Å². The third kappa shape index (κ3) is 6.94. The summed E-state index contributed by atoms with van der Waals surface area (Å²) in [5.41, 5.74) is 1.17. The standard InChI is InChI=1S/C17H20F3N3.HI/c1-21-16(23-11-9-17(18,19)20)22-10-8-13-6-7-14-4-2-3-5-15(14)12-13;/h2-7,12H,8-11H2,1H3,(H2,21,22,23);1H.